The summed E-state index contributed by atoms with van der Waals surface area (Å²) in [5.74, 6) is 0.370. The Morgan fingerprint density at radius 3 is 1.55 bits per heavy atom. The van der Waals surface area contributed by atoms with Crippen LogP contribution in [0, 0.1) is 0 Å². The number of nitrogens with zero attached hydrogens (tertiary/aromatic N) is 8. The molecule has 0 aliphatic rings. The maximum atomic E-state index is 12.4. The number of carbonyl (C=O) groups is 2. The van der Waals surface area contributed by atoms with Crippen LogP contribution in [0.2, 0.25) is 0 Å². The van der Waals surface area contributed by atoms with Crippen molar-refractivity contribution >= 4 is 34.2 Å². The molecular formula is C37H48N10O9. The Balaban J connectivity index is 0.000000247. The number of fused-ring (bicyclic) bond motifs is 2. The van der Waals surface area contributed by atoms with Crippen LogP contribution in [-0.4, -0.2) is 81.7 Å². The van der Waals surface area contributed by atoms with E-state index in [9.17, 15) is 28.8 Å². The zero-order chi connectivity index (χ0) is 40.4. The molecular weight excluding hydrogens is 728 g/mol. The van der Waals surface area contributed by atoms with Gasteiger partial charge in [0.25, 0.3) is 11.1 Å². The molecule has 56 heavy (non-hydrogen) atoms. The van der Waals surface area contributed by atoms with Crippen molar-refractivity contribution in [1.29, 1.82) is 0 Å². The first-order chi connectivity index (χ1) is 26.2. The molecule has 6 aromatic rings. The Hall–Kier alpha value is -6.76. The first-order valence-electron chi connectivity index (χ1n) is 16.9. The third-order valence-corrected chi connectivity index (χ3v) is 8.57. The molecule has 0 saturated carbocycles. The average molecular weight is 777 g/mol. The van der Waals surface area contributed by atoms with Crippen LogP contribution >= 0.6 is 0 Å². The lowest BCUT2D eigenvalue weighted by molar-refractivity contribution is -0.137. The number of rotatable bonds is 11. The Kier molecular flexibility index (Phi) is 15.2. The van der Waals surface area contributed by atoms with Gasteiger partial charge in [-0.1, -0.05) is 43.8 Å². The number of ether oxygens (including phenoxy) is 2. The second kappa shape index (κ2) is 19.5. The molecule has 300 valence electrons. The van der Waals surface area contributed by atoms with E-state index in [0.29, 0.717) is 19.5 Å². The number of aromatic nitrogens is 8. The summed E-state index contributed by atoms with van der Waals surface area (Å²) in [4.78, 5) is 78.7. The fourth-order valence-corrected chi connectivity index (χ4v) is 5.70. The molecule has 0 aliphatic heterocycles. The molecule has 4 aromatic heterocycles. The molecule has 19 nitrogen and oxygen atoms in total. The minimum atomic E-state index is -1.08. The van der Waals surface area contributed by atoms with Crippen LogP contribution in [0.1, 0.15) is 18.6 Å². The third-order valence-electron chi connectivity index (χ3n) is 8.57. The zero-order valence-corrected chi connectivity index (χ0v) is 31.4. The van der Waals surface area contributed by atoms with Crippen molar-refractivity contribution in [3.05, 3.63) is 114 Å². The van der Waals surface area contributed by atoms with Gasteiger partial charge in [0.15, 0.2) is 22.3 Å². The number of benzene rings is 2. The first kappa shape index (κ1) is 43.6. The third kappa shape index (κ3) is 9.66. The summed E-state index contributed by atoms with van der Waals surface area (Å²) in [6.45, 7) is 0.669. The lowest BCUT2D eigenvalue weighted by Gasteiger charge is -2.10. The molecule has 0 unspecified atom stereocenters. The highest BCUT2D eigenvalue weighted by atomic mass is 16.5. The second-order valence-electron chi connectivity index (χ2n) is 12.2. The molecule has 1 amide bonds. The summed E-state index contributed by atoms with van der Waals surface area (Å²) in [5.41, 5.74) is 6.38. The molecule has 0 radical (unpaired) electrons. The number of nitrogens with one attached hydrogen (secondary N) is 1. The molecule has 0 atom stereocenters. The quantitative estimate of drug-likeness (QED) is 0.160. The number of methoxy groups -OCH3 is 2. The van der Waals surface area contributed by atoms with Crippen molar-refractivity contribution in [3.63, 3.8) is 0 Å². The van der Waals surface area contributed by atoms with Crippen LogP contribution in [0.15, 0.2) is 80.4 Å². The number of hydrogen-bond donors (Lipinski definition) is 3. The van der Waals surface area contributed by atoms with Crippen LogP contribution in [0.4, 0.5) is 0 Å². The van der Waals surface area contributed by atoms with E-state index in [1.54, 1.807) is 14.2 Å². The number of para-hydroxylation sites is 2. The smallest absolute Gasteiger partial charge is 0.332 e. The number of carboxylic acids is 1. The monoisotopic (exact) mass is 776 g/mol. The van der Waals surface area contributed by atoms with Gasteiger partial charge < -0.3 is 34.8 Å². The second-order valence-corrected chi connectivity index (χ2v) is 12.2. The van der Waals surface area contributed by atoms with Gasteiger partial charge in [-0.05, 0) is 42.6 Å². The van der Waals surface area contributed by atoms with Crippen molar-refractivity contribution in [1.82, 2.24) is 42.7 Å². The summed E-state index contributed by atoms with van der Waals surface area (Å²) in [5, 5.41) is 11.5. The molecule has 2 aromatic carbocycles. The lowest BCUT2D eigenvalue weighted by atomic mass is 10.1. The summed E-state index contributed by atoms with van der Waals surface area (Å²) in [6.07, 6.45) is 4.13. The first-order valence-corrected chi connectivity index (χ1v) is 16.9. The molecule has 0 saturated heterocycles. The maximum absolute atomic E-state index is 12.4. The fraction of sp³-hybridized carbons (Fsp3) is 0.351. The molecule has 0 spiro atoms. The van der Waals surface area contributed by atoms with E-state index in [1.807, 2.05) is 48.5 Å². The number of amides is 1. The van der Waals surface area contributed by atoms with Crippen LogP contribution in [0.25, 0.3) is 22.3 Å². The van der Waals surface area contributed by atoms with Gasteiger partial charge in [0.1, 0.15) is 24.6 Å². The van der Waals surface area contributed by atoms with E-state index in [-0.39, 0.29) is 48.8 Å². The molecule has 4 N–H and O–H groups in total. The minimum Gasteiger partial charge on any atom is -0.496 e. The van der Waals surface area contributed by atoms with Crippen molar-refractivity contribution in [3.8, 4) is 11.5 Å². The van der Waals surface area contributed by atoms with Gasteiger partial charge in [-0.3, -0.25) is 37.4 Å². The van der Waals surface area contributed by atoms with Gasteiger partial charge >= 0.3 is 17.3 Å². The highest BCUT2D eigenvalue weighted by molar-refractivity contribution is 5.79. The lowest BCUT2D eigenvalue weighted by Crippen LogP contribution is -2.38. The Bertz CT molecular complexity index is 2560. The summed E-state index contributed by atoms with van der Waals surface area (Å²) >= 11 is 0. The van der Waals surface area contributed by atoms with Gasteiger partial charge in [0.05, 0.1) is 26.9 Å². The Labute approximate surface area is 320 Å². The number of nitrogens with two attached hydrogens (primary N) is 1. The zero-order valence-electron chi connectivity index (χ0n) is 31.4. The predicted molar refractivity (Wildman–Crippen MR) is 210 cm³/mol. The van der Waals surface area contributed by atoms with E-state index in [1.165, 1.54) is 64.7 Å². The van der Waals surface area contributed by atoms with Crippen LogP contribution < -0.4 is 43.0 Å². The molecule has 0 bridgehead atoms. The molecule has 19 heteroatoms. The molecule has 0 aliphatic carbocycles. The summed E-state index contributed by atoms with van der Waals surface area (Å²) < 4.78 is 17.5. The van der Waals surface area contributed by atoms with Crippen LogP contribution in [0.5, 0.6) is 11.5 Å². The van der Waals surface area contributed by atoms with E-state index in [2.05, 4.69) is 15.3 Å². The number of imidazole rings is 2. The summed E-state index contributed by atoms with van der Waals surface area (Å²) in [6, 6.07) is 15.5. The van der Waals surface area contributed by atoms with Crippen LogP contribution in [-0.2, 0) is 63.7 Å². The average Bonchev–Trinajstić information content (AvgIpc) is 3.80. The highest BCUT2D eigenvalue weighted by Gasteiger charge is 2.17. The Morgan fingerprint density at radius 1 is 0.696 bits per heavy atom. The van der Waals surface area contributed by atoms with E-state index in [0.717, 1.165) is 32.6 Å². The van der Waals surface area contributed by atoms with Gasteiger partial charge in [0, 0.05) is 34.7 Å². The van der Waals surface area contributed by atoms with Gasteiger partial charge in [0.2, 0.25) is 5.91 Å². The van der Waals surface area contributed by atoms with Crippen molar-refractivity contribution in [2.24, 2.45) is 33.9 Å². The number of carboxylic acid groups (broad SMARTS) is 1. The predicted octanol–water partition coefficient (Wildman–Crippen LogP) is 0.152. The minimum absolute atomic E-state index is 0. The molecule has 0 fully saturated rings. The normalized spacial score (nSPS) is 10.5. The Morgan fingerprint density at radius 2 is 1.12 bits per heavy atom. The standard InChI is InChI=1S/C18H21N5O4.C9H10N4O4.C9H13NO.CH4/c1-21-16-15(17(25)22(2)18(21)26)23(11-20-16)10-14(24)19-9-8-12-6-4-5-7-13(12)27-3;1-11-7-6(8(16)12(2)9(11)17)13(4-10-7)3-5(14)15;1-11-9-5-3-2-4-8(9)6-7-10;/h4-7,11H,8-10H2,1-3H3,(H,19,24);4H,3H2,1-2H3,(H,14,15);2-5H,6-7,10H2,1H3;1H4. The van der Waals surface area contributed by atoms with E-state index in [4.69, 9.17) is 20.3 Å². The van der Waals surface area contributed by atoms with Crippen molar-refractivity contribution < 1.29 is 24.2 Å². The highest BCUT2D eigenvalue weighted by Crippen LogP contribution is 2.18. The maximum Gasteiger partial charge on any atom is 0.332 e. The van der Waals surface area contributed by atoms with Gasteiger partial charge in [-0.25, -0.2) is 19.6 Å². The van der Waals surface area contributed by atoms with Crippen molar-refractivity contribution in [2.45, 2.75) is 33.4 Å². The summed E-state index contributed by atoms with van der Waals surface area (Å²) in [7, 11) is 9.03. The molecule has 4 heterocycles. The largest absolute Gasteiger partial charge is 0.496 e. The van der Waals surface area contributed by atoms with E-state index < -0.39 is 28.5 Å². The topological polar surface area (TPSA) is 235 Å². The number of aryl methyl sites for hydroxylation is 2. The van der Waals surface area contributed by atoms with Gasteiger partial charge in [-0.15, -0.1) is 0 Å². The number of carbonyl (C=O) groups excluding carboxylic acids is 1. The SMILES string of the molecule is C.COc1ccccc1CCN.COc1ccccc1CCNC(=O)Cn1cnc2c1c(=O)n(C)c(=O)n2C.Cn1c(=O)c2c(ncn2CC(=O)O)n(C)c1=O. The van der Waals surface area contributed by atoms with Gasteiger partial charge in [-0.2, -0.15) is 0 Å². The number of hydrogen-bond acceptors (Lipinski definition) is 11. The van der Waals surface area contributed by atoms with Crippen LogP contribution in [0.3, 0.4) is 0 Å². The fourth-order valence-electron chi connectivity index (χ4n) is 5.70. The molecule has 6 rings (SSSR count). The van der Waals surface area contributed by atoms with Crippen molar-refractivity contribution in [2.75, 3.05) is 27.3 Å². The van der Waals surface area contributed by atoms with E-state index >= 15 is 0 Å². The number of aliphatic carboxylic acids is 1.